The Morgan fingerprint density at radius 3 is 2.53 bits per heavy atom. The highest BCUT2D eigenvalue weighted by Crippen LogP contribution is 2.16. The largest absolute Gasteiger partial charge is 0.398 e. The Morgan fingerprint density at radius 2 is 1.82 bits per heavy atom. The van der Waals surface area contributed by atoms with Gasteiger partial charge in [-0.2, -0.15) is 0 Å². The standard InChI is InChI=1S/C15H18N2/c1-12-7-8-14(11-15(12)16)17-10-9-13-5-3-2-4-6-13/h2-8,11,17H,9-10,16H2,1H3. The summed E-state index contributed by atoms with van der Waals surface area (Å²) in [7, 11) is 0. The van der Waals surface area contributed by atoms with Crippen LogP contribution in [0.25, 0.3) is 0 Å². The van der Waals surface area contributed by atoms with Crippen molar-refractivity contribution in [1.29, 1.82) is 0 Å². The number of aryl methyl sites for hydroxylation is 1. The maximum Gasteiger partial charge on any atom is 0.0364 e. The molecule has 3 N–H and O–H groups in total. The Morgan fingerprint density at radius 1 is 1.06 bits per heavy atom. The van der Waals surface area contributed by atoms with Crippen molar-refractivity contribution in [2.24, 2.45) is 0 Å². The molecule has 0 aromatic heterocycles. The van der Waals surface area contributed by atoms with Crippen LogP contribution in [0.5, 0.6) is 0 Å². The molecule has 0 aliphatic rings. The topological polar surface area (TPSA) is 38.0 Å². The van der Waals surface area contributed by atoms with E-state index in [1.807, 2.05) is 25.1 Å². The van der Waals surface area contributed by atoms with Crippen LogP contribution in [0.15, 0.2) is 48.5 Å². The van der Waals surface area contributed by atoms with E-state index in [0.29, 0.717) is 0 Å². The first-order valence-electron chi connectivity index (χ1n) is 5.89. The molecule has 2 aromatic rings. The summed E-state index contributed by atoms with van der Waals surface area (Å²) in [6, 6.07) is 16.6. The fourth-order valence-electron chi connectivity index (χ4n) is 1.75. The quantitative estimate of drug-likeness (QED) is 0.785. The minimum absolute atomic E-state index is 0.842. The Kier molecular flexibility index (Phi) is 3.66. The number of benzene rings is 2. The SMILES string of the molecule is Cc1ccc(NCCc2ccccc2)cc1N. The van der Waals surface area contributed by atoms with Gasteiger partial charge in [0.2, 0.25) is 0 Å². The molecule has 0 bridgehead atoms. The molecule has 0 saturated carbocycles. The molecule has 0 unspecified atom stereocenters. The zero-order chi connectivity index (χ0) is 12.1. The van der Waals surface area contributed by atoms with Crippen LogP contribution in [-0.2, 0) is 6.42 Å². The molecular weight excluding hydrogens is 208 g/mol. The molecular formula is C15H18N2. The number of nitrogens with two attached hydrogens (primary N) is 1. The van der Waals surface area contributed by atoms with E-state index in [9.17, 15) is 0 Å². The summed E-state index contributed by atoms with van der Waals surface area (Å²) in [6.07, 6.45) is 1.02. The number of hydrogen-bond acceptors (Lipinski definition) is 2. The zero-order valence-corrected chi connectivity index (χ0v) is 10.1. The van der Waals surface area contributed by atoms with Crippen LogP contribution in [0, 0.1) is 6.92 Å². The summed E-state index contributed by atoms with van der Waals surface area (Å²) in [6.45, 7) is 2.94. The molecule has 0 saturated heterocycles. The van der Waals surface area contributed by atoms with Crippen molar-refractivity contribution in [1.82, 2.24) is 0 Å². The number of nitrogens with one attached hydrogen (secondary N) is 1. The molecule has 0 atom stereocenters. The third-order valence-electron chi connectivity index (χ3n) is 2.86. The Labute approximate surface area is 102 Å². The second-order valence-corrected chi connectivity index (χ2v) is 4.23. The van der Waals surface area contributed by atoms with Crippen LogP contribution in [-0.4, -0.2) is 6.54 Å². The molecule has 2 rings (SSSR count). The van der Waals surface area contributed by atoms with Crippen molar-refractivity contribution in [3.8, 4) is 0 Å². The molecule has 2 aromatic carbocycles. The highest BCUT2D eigenvalue weighted by molar-refractivity contribution is 5.58. The lowest BCUT2D eigenvalue weighted by atomic mass is 10.1. The number of nitrogen functional groups attached to an aromatic ring is 1. The summed E-state index contributed by atoms with van der Waals surface area (Å²) in [5.74, 6) is 0. The Bertz CT molecular complexity index is 478. The van der Waals surface area contributed by atoms with Crippen molar-refractivity contribution < 1.29 is 0 Å². The van der Waals surface area contributed by atoms with Crippen LogP contribution >= 0.6 is 0 Å². The number of hydrogen-bond donors (Lipinski definition) is 2. The summed E-state index contributed by atoms with van der Waals surface area (Å²) in [4.78, 5) is 0. The fraction of sp³-hybridized carbons (Fsp3) is 0.200. The van der Waals surface area contributed by atoms with Crippen molar-refractivity contribution >= 4 is 11.4 Å². The molecule has 0 aliphatic heterocycles. The number of rotatable bonds is 4. The van der Waals surface area contributed by atoms with Gasteiger partial charge in [-0.3, -0.25) is 0 Å². The van der Waals surface area contributed by atoms with E-state index in [0.717, 1.165) is 29.9 Å². The van der Waals surface area contributed by atoms with Crippen molar-refractivity contribution in [3.63, 3.8) is 0 Å². The zero-order valence-electron chi connectivity index (χ0n) is 10.1. The normalized spacial score (nSPS) is 10.2. The van der Waals surface area contributed by atoms with Crippen LogP contribution < -0.4 is 11.1 Å². The maximum atomic E-state index is 5.86. The molecule has 17 heavy (non-hydrogen) atoms. The highest BCUT2D eigenvalue weighted by atomic mass is 14.9. The maximum absolute atomic E-state index is 5.86. The average Bonchev–Trinajstić information content (AvgIpc) is 2.35. The minimum atomic E-state index is 0.842. The predicted octanol–water partition coefficient (Wildman–Crippen LogP) is 3.23. The van der Waals surface area contributed by atoms with Gasteiger partial charge in [0.05, 0.1) is 0 Å². The lowest BCUT2D eigenvalue weighted by molar-refractivity contribution is 1.02. The third-order valence-corrected chi connectivity index (χ3v) is 2.86. The predicted molar refractivity (Wildman–Crippen MR) is 74.2 cm³/mol. The Balaban J connectivity index is 1.88. The van der Waals surface area contributed by atoms with Gasteiger partial charge in [0, 0.05) is 17.9 Å². The van der Waals surface area contributed by atoms with E-state index in [4.69, 9.17) is 5.73 Å². The lowest BCUT2D eigenvalue weighted by Crippen LogP contribution is -2.05. The van der Waals surface area contributed by atoms with E-state index >= 15 is 0 Å². The monoisotopic (exact) mass is 226 g/mol. The first kappa shape index (κ1) is 11.5. The van der Waals surface area contributed by atoms with Gasteiger partial charge in [-0.25, -0.2) is 0 Å². The van der Waals surface area contributed by atoms with Crippen LogP contribution in [0.1, 0.15) is 11.1 Å². The molecule has 2 nitrogen and oxygen atoms in total. The van der Waals surface area contributed by atoms with E-state index < -0.39 is 0 Å². The van der Waals surface area contributed by atoms with Gasteiger partial charge in [-0.1, -0.05) is 36.4 Å². The molecule has 0 heterocycles. The minimum Gasteiger partial charge on any atom is -0.398 e. The van der Waals surface area contributed by atoms with E-state index in [1.54, 1.807) is 0 Å². The van der Waals surface area contributed by atoms with Gasteiger partial charge in [0.15, 0.2) is 0 Å². The molecule has 2 heteroatoms. The molecule has 88 valence electrons. The van der Waals surface area contributed by atoms with Crippen molar-refractivity contribution in [3.05, 3.63) is 59.7 Å². The first-order valence-corrected chi connectivity index (χ1v) is 5.89. The van der Waals surface area contributed by atoms with Crippen LogP contribution in [0.4, 0.5) is 11.4 Å². The van der Waals surface area contributed by atoms with Gasteiger partial charge in [0.25, 0.3) is 0 Å². The van der Waals surface area contributed by atoms with E-state index in [1.165, 1.54) is 5.56 Å². The second-order valence-electron chi connectivity index (χ2n) is 4.23. The summed E-state index contributed by atoms with van der Waals surface area (Å²) in [5, 5.41) is 3.38. The summed E-state index contributed by atoms with van der Waals surface area (Å²) < 4.78 is 0. The third kappa shape index (κ3) is 3.25. The van der Waals surface area contributed by atoms with Gasteiger partial charge in [-0.05, 0) is 36.6 Å². The second kappa shape index (κ2) is 5.39. The fourth-order valence-corrected chi connectivity index (χ4v) is 1.75. The van der Waals surface area contributed by atoms with Gasteiger partial charge in [0.1, 0.15) is 0 Å². The van der Waals surface area contributed by atoms with Gasteiger partial charge in [-0.15, -0.1) is 0 Å². The molecule has 0 fully saturated rings. The summed E-state index contributed by atoms with van der Waals surface area (Å²) >= 11 is 0. The van der Waals surface area contributed by atoms with Crippen molar-refractivity contribution in [2.45, 2.75) is 13.3 Å². The van der Waals surface area contributed by atoms with E-state index in [-0.39, 0.29) is 0 Å². The van der Waals surface area contributed by atoms with Crippen LogP contribution in [0.3, 0.4) is 0 Å². The number of anilines is 2. The average molecular weight is 226 g/mol. The van der Waals surface area contributed by atoms with Crippen molar-refractivity contribution in [2.75, 3.05) is 17.6 Å². The van der Waals surface area contributed by atoms with E-state index in [2.05, 4.69) is 35.6 Å². The molecule has 0 spiro atoms. The van der Waals surface area contributed by atoms with Gasteiger partial charge < -0.3 is 11.1 Å². The molecule has 0 amide bonds. The summed E-state index contributed by atoms with van der Waals surface area (Å²) in [5.41, 5.74) is 10.3. The van der Waals surface area contributed by atoms with Gasteiger partial charge >= 0.3 is 0 Å². The smallest absolute Gasteiger partial charge is 0.0364 e. The molecule has 0 radical (unpaired) electrons. The first-order chi connectivity index (χ1) is 8.25. The highest BCUT2D eigenvalue weighted by Gasteiger charge is 1.96. The van der Waals surface area contributed by atoms with Crippen LogP contribution in [0.2, 0.25) is 0 Å². The lowest BCUT2D eigenvalue weighted by Gasteiger charge is -2.08. The molecule has 0 aliphatic carbocycles. The Hall–Kier alpha value is -1.96.